The molecule has 3 heteroatoms. The molecule has 1 heterocycles. The van der Waals surface area contributed by atoms with Crippen molar-refractivity contribution >= 4 is 5.78 Å². The number of carbonyl (C=O) groups is 1. The molecule has 0 aliphatic carbocycles. The standard InChI is InChI=1S/C10H20N2O/c1-8(13)10(11-2)7-9-3-5-12-6-4-9/h9-12H,3-7H2,1-2H3/t10-/m0/s1. The van der Waals surface area contributed by atoms with Crippen molar-refractivity contribution in [2.75, 3.05) is 20.1 Å². The van der Waals surface area contributed by atoms with Crippen LogP contribution in [0.25, 0.3) is 0 Å². The predicted octanol–water partition coefficient (Wildman–Crippen LogP) is 0.553. The van der Waals surface area contributed by atoms with Gasteiger partial charge in [0.2, 0.25) is 0 Å². The van der Waals surface area contributed by atoms with Crippen molar-refractivity contribution in [3.8, 4) is 0 Å². The summed E-state index contributed by atoms with van der Waals surface area (Å²) in [5, 5.41) is 6.41. The van der Waals surface area contributed by atoms with Crippen LogP contribution in [-0.2, 0) is 4.79 Å². The number of nitrogens with one attached hydrogen (secondary N) is 2. The zero-order chi connectivity index (χ0) is 9.68. The van der Waals surface area contributed by atoms with E-state index in [1.807, 2.05) is 7.05 Å². The first-order valence-electron chi connectivity index (χ1n) is 5.12. The zero-order valence-electron chi connectivity index (χ0n) is 8.60. The monoisotopic (exact) mass is 184 g/mol. The molecule has 2 N–H and O–H groups in total. The number of carbonyl (C=O) groups excluding carboxylic acids is 1. The average Bonchev–Trinajstić information content (AvgIpc) is 2.15. The maximum atomic E-state index is 11.2. The van der Waals surface area contributed by atoms with E-state index in [0.29, 0.717) is 0 Å². The van der Waals surface area contributed by atoms with Crippen molar-refractivity contribution in [2.45, 2.75) is 32.2 Å². The summed E-state index contributed by atoms with van der Waals surface area (Å²) < 4.78 is 0. The molecule has 1 rings (SSSR count). The van der Waals surface area contributed by atoms with Gasteiger partial charge in [-0.2, -0.15) is 0 Å². The smallest absolute Gasteiger partial charge is 0.146 e. The zero-order valence-corrected chi connectivity index (χ0v) is 8.60. The van der Waals surface area contributed by atoms with E-state index in [-0.39, 0.29) is 11.8 Å². The molecule has 0 saturated carbocycles. The molecule has 0 radical (unpaired) electrons. The van der Waals surface area contributed by atoms with Gasteiger partial charge in [-0.3, -0.25) is 4.79 Å². The van der Waals surface area contributed by atoms with Gasteiger partial charge in [0.25, 0.3) is 0 Å². The third-order valence-electron chi connectivity index (χ3n) is 2.87. The molecular weight excluding hydrogens is 164 g/mol. The molecule has 0 aromatic heterocycles. The highest BCUT2D eigenvalue weighted by molar-refractivity contribution is 5.81. The Morgan fingerprint density at radius 2 is 2.15 bits per heavy atom. The van der Waals surface area contributed by atoms with E-state index >= 15 is 0 Å². The summed E-state index contributed by atoms with van der Waals surface area (Å²) >= 11 is 0. The lowest BCUT2D eigenvalue weighted by atomic mass is 9.90. The second kappa shape index (κ2) is 5.35. The number of ketones is 1. The van der Waals surface area contributed by atoms with Crippen LogP contribution in [0, 0.1) is 5.92 Å². The van der Waals surface area contributed by atoms with Crippen LogP contribution in [0.5, 0.6) is 0 Å². The summed E-state index contributed by atoms with van der Waals surface area (Å²) in [5.41, 5.74) is 0. The minimum Gasteiger partial charge on any atom is -0.317 e. The number of hydrogen-bond acceptors (Lipinski definition) is 3. The Labute approximate surface area is 80.3 Å². The number of likely N-dealkylation sites (N-methyl/N-ethyl adjacent to an activating group) is 1. The molecule has 0 aromatic carbocycles. The lowest BCUT2D eigenvalue weighted by molar-refractivity contribution is -0.119. The van der Waals surface area contributed by atoms with Gasteiger partial charge in [-0.05, 0) is 52.2 Å². The van der Waals surface area contributed by atoms with Crippen LogP contribution in [0.4, 0.5) is 0 Å². The predicted molar refractivity (Wildman–Crippen MR) is 53.7 cm³/mol. The number of Topliss-reactive ketones (excluding diaryl/α,β-unsaturated/α-hetero) is 1. The van der Waals surface area contributed by atoms with Crippen molar-refractivity contribution in [3.05, 3.63) is 0 Å². The van der Waals surface area contributed by atoms with E-state index in [1.165, 1.54) is 12.8 Å². The Balaban J connectivity index is 2.31. The fraction of sp³-hybridized carbons (Fsp3) is 0.900. The van der Waals surface area contributed by atoms with Gasteiger partial charge in [-0.15, -0.1) is 0 Å². The molecule has 1 atom stereocenters. The van der Waals surface area contributed by atoms with Crippen LogP contribution in [0.2, 0.25) is 0 Å². The largest absolute Gasteiger partial charge is 0.317 e. The van der Waals surface area contributed by atoms with Crippen LogP contribution < -0.4 is 10.6 Å². The summed E-state index contributed by atoms with van der Waals surface area (Å²) in [4.78, 5) is 11.2. The highest BCUT2D eigenvalue weighted by atomic mass is 16.1. The van der Waals surface area contributed by atoms with Gasteiger partial charge in [0, 0.05) is 0 Å². The molecule has 1 aliphatic rings. The maximum Gasteiger partial charge on any atom is 0.146 e. The SMILES string of the molecule is CN[C@@H](CC1CCNCC1)C(C)=O. The molecule has 1 saturated heterocycles. The van der Waals surface area contributed by atoms with Crippen molar-refractivity contribution in [2.24, 2.45) is 5.92 Å². The fourth-order valence-corrected chi connectivity index (χ4v) is 1.94. The Hall–Kier alpha value is -0.410. The van der Waals surface area contributed by atoms with Gasteiger partial charge < -0.3 is 10.6 Å². The van der Waals surface area contributed by atoms with Crippen LogP contribution in [0.3, 0.4) is 0 Å². The van der Waals surface area contributed by atoms with E-state index in [0.717, 1.165) is 25.4 Å². The molecule has 1 fully saturated rings. The topological polar surface area (TPSA) is 41.1 Å². The van der Waals surface area contributed by atoms with E-state index in [9.17, 15) is 4.79 Å². The first kappa shape index (κ1) is 10.7. The number of hydrogen-bond donors (Lipinski definition) is 2. The van der Waals surface area contributed by atoms with E-state index in [4.69, 9.17) is 0 Å². The van der Waals surface area contributed by atoms with E-state index in [1.54, 1.807) is 6.92 Å². The molecule has 3 nitrogen and oxygen atoms in total. The first-order chi connectivity index (χ1) is 6.24. The molecule has 0 spiro atoms. The summed E-state index contributed by atoms with van der Waals surface area (Å²) in [5.74, 6) is 0.989. The van der Waals surface area contributed by atoms with Gasteiger partial charge in [0.1, 0.15) is 5.78 Å². The van der Waals surface area contributed by atoms with Crippen LogP contribution >= 0.6 is 0 Å². The second-order valence-electron chi connectivity index (χ2n) is 3.88. The molecule has 0 amide bonds. The molecule has 1 aliphatic heterocycles. The first-order valence-corrected chi connectivity index (χ1v) is 5.12. The summed E-state index contributed by atoms with van der Waals surface area (Å²) in [6.45, 7) is 3.89. The Kier molecular flexibility index (Phi) is 4.39. The number of rotatable bonds is 4. The summed E-state index contributed by atoms with van der Waals surface area (Å²) in [6, 6.07) is 0.0723. The molecular formula is C10H20N2O. The van der Waals surface area contributed by atoms with Crippen LogP contribution in [0.15, 0.2) is 0 Å². The minimum atomic E-state index is 0.0723. The molecule has 0 aromatic rings. The van der Waals surface area contributed by atoms with Crippen molar-refractivity contribution in [1.82, 2.24) is 10.6 Å². The molecule has 0 unspecified atom stereocenters. The number of piperidine rings is 1. The molecule has 0 bridgehead atoms. The Bertz CT molecular complexity index is 164. The van der Waals surface area contributed by atoms with Gasteiger partial charge in [-0.1, -0.05) is 0 Å². The van der Waals surface area contributed by atoms with Crippen molar-refractivity contribution < 1.29 is 4.79 Å². The van der Waals surface area contributed by atoms with Crippen molar-refractivity contribution in [1.29, 1.82) is 0 Å². The van der Waals surface area contributed by atoms with Crippen molar-refractivity contribution in [3.63, 3.8) is 0 Å². The second-order valence-corrected chi connectivity index (χ2v) is 3.88. The third kappa shape index (κ3) is 3.44. The van der Waals surface area contributed by atoms with Gasteiger partial charge >= 0.3 is 0 Å². The Morgan fingerprint density at radius 3 is 2.62 bits per heavy atom. The van der Waals surface area contributed by atoms with Crippen LogP contribution in [-0.4, -0.2) is 32.0 Å². The highest BCUT2D eigenvalue weighted by Crippen LogP contribution is 2.17. The van der Waals surface area contributed by atoms with Gasteiger partial charge in [0.05, 0.1) is 6.04 Å². The van der Waals surface area contributed by atoms with Crippen LogP contribution in [0.1, 0.15) is 26.2 Å². The quantitative estimate of drug-likeness (QED) is 0.670. The highest BCUT2D eigenvalue weighted by Gasteiger charge is 2.19. The summed E-state index contributed by atoms with van der Waals surface area (Å²) in [6.07, 6.45) is 3.43. The molecule has 13 heavy (non-hydrogen) atoms. The summed E-state index contributed by atoms with van der Waals surface area (Å²) in [7, 11) is 1.87. The Morgan fingerprint density at radius 1 is 1.54 bits per heavy atom. The van der Waals surface area contributed by atoms with E-state index in [2.05, 4.69) is 10.6 Å². The lowest BCUT2D eigenvalue weighted by Crippen LogP contribution is -2.37. The maximum absolute atomic E-state index is 11.2. The average molecular weight is 184 g/mol. The fourth-order valence-electron chi connectivity index (χ4n) is 1.94. The van der Waals surface area contributed by atoms with Gasteiger partial charge in [-0.25, -0.2) is 0 Å². The minimum absolute atomic E-state index is 0.0723. The normalized spacial score (nSPS) is 21.4. The molecule has 76 valence electrons. The lowest BCUT2D eigenvalue weighted by Gasteiger charge is -2.25. The van der Waals surface area contributed by atoms with Gasteiger partial charge in [0.15, 0.2) is 0 Å². The third-order valence-corrected chi connectivity index (χ3v) is 2.87. The van der Waals surface area contributed by atoms with E-state index < -0.39 is 0 Å².